The van der Waals surface area contributed by atoms with E-state index >= 15 is 0 Å². The van der Waals surface area contributed by atoms with Crippen LogP contribution in [0, 0.1) is 0 Å². The van der Waals surface area contributed by atoms with Gasteiger partial charge < -0.3 is 19.1 Å². The van der Waals surface area contributed by atoms with E-state index in [4.69, 9.17) is 4.74 Å². The number of aromatic nitrogens is 3. The highest BCUT2D eigenvalue weighted by atomic mass is 16.5. The molecule has 128 valence electrons. The van der Waals surface area contributed by atoms with E-state index < -0.39 is 0 Å². The third-order valence-corrected chi connectivity index (χ3v) is 4.42. The number of carbonyl (C=O) groups is 1. The first-order valence-corrected chi connectivity index (χ1v) is 8.19. The number of amides is 1. The number of nitrogens with zero attached hydrogens (tertiary/aromatic N) is 5. The molecule has 1 amide bonds. The van der Waals surface area contributed by atoms with E-state index in [1.165, 1.54) is 0 Å². The number of aryl methyl sites for hydroxylation is 1. The van der Waals surface area contributed by atoms with Gasteiger partial charge in [0.1, 0.15) is 18.4 Å². The number of benzene rings is 1. The maximum atomic E-state index is 12.5. The van der Waals surface area contributed by atoms with Gasteiger partial charge in [-0.1, -0.05) is 12.1 Å². The monoisotopic (exact) mass is 329 g/mol. The summed E-state index contributed by atoms with van der Waals surface area (Å²) in [5.41, 5.74) is 1.09. The van der Waals surface area contributed by atoms with Gasteiger partial charge in [0.25, 0.3) is 0 Å². The van der Waals surface area contributed by atoms with Crippen molar-refractivity contribution in [1.29, 1.82) is 0 Å². The fraction of sp³-hybridized carbons (Fsp3) is 0.471. The molecule has 0 unspecified atom stereocenters. The molecular weight excluding hydrogens is 306 g/mol. The van der Waals surface area contributed by atoms with Crippen LogP contribution in [0.25, 0.3) is 0 Å². The summed E-state index contributed by atoms with van der Waals surface area (Å²) in [7, 11) is 1.69. The molecule has 1 saturated heterocycles. The second kappa shape index (κ2) is 7.33. The number of anilines is 1. The van der Waals surface area contributed by atoms with E-state index in [0.29, 0.717) is 13.0 Å². The van der Waals surface area contributed by atoms with E-state index in [0.717, 1.165) is 31.1 Å². The second-order valence-electron chi connectivity index (χ2n) is 6.00. The number of hydrogen-bond acceptors (Lipinski definition) is 5. The average molecular weight is 329 g/mol. The minimum atomic E-state index is 0.164. The van der Waals surface area contributed by atoms with E-state index in [-0.39, 0.29) is 11.9 Å². The Morgan fingerprint density at radius 1 is 1.25 bits per heavy atom. The topological polar surface area (TPSA) is 63.5 Å². The number of rotatable bonds is 5. The molecule has 0 aliphatic carbocycles. The van der Waals surface area contributed by atoms with Crippen molar-refractivity contribution in [2.24, 2.45) is 0 Å². The maximum absolute atomic E-state index is 12.5. The van der Waals surface area contributed by atoms with Crippen LogP contribution in [0.2, 0.25) is 0 Å². The highest BCUT2D eigenvalue weighted by Gasteiger charge is 2.28. The number of carbonyl (C=O) groups excluding carboxylic acids is 1. The van der Waals surface area contributed by atoms with Gasteiger partial charge in [0.2, 0.25) is 5.91 Å². The molecule has 2 heterocycles. The van der Waals surface area contributed by atoms with Gasteiger partial charge in [-0.25, -0.2) is 0 Å². The molecule has 0 spiro atoms. The molecule has 1 fully saturated rings. The summed E-state index contributed by atoms with van der Waals surface area (Å²) in [5, 5.41) is 7.51. The predicted molar refractivity (Wildman–Crippen MR) is 91.0 cm³/mol. The molecule has 0 bridgehead atoms. The molecule has 1 atom stereocenters. The Labute approximate surface area is 141 Å². The van der Waals surface area contributed by atoms with Crippen molar-refractivity contribution in [3.05, 3.63) is 36.9 Å². The zero-order valence-corrected chi connectivity index (χ0v) is 14.1. The Morgan fingerprint density at radius 2 is 2.00 bits per heavy atom. The molecule has 1 aromatic carbocycles. The molecule has 1 aliphatic rings. The van der Waals surface area contributed by atoms with Gasteiger partial charge >= 0.3 is 0 Å². The number of piperazine rings is 1. The fourth-order valence-electron chi connectivity index (χ4n) is 3.14. The van der Waals surface area contributed by atoms with Gasteiger partial charge in [-0.05, 0) is 19.1 Å². The zero-order chi connectivity index (χ0) is 16.9. The van der Waals surface area contributed by atoms with E-state index in [1.54, 1.807) is 19.8 Å². The Balaban J connectivity index is 1.59. The lowest BCUT2D eigenvalue weighted by atomic mass is 10.1. The van der Waals surface area contributed by atoms with E-state index in [1.807, 2.05) is 27.7 Å². The van der Waals surface area contributed by atoms with Crippen molar-refractivity contribution in [1.82, 2.24) is 19.7 Å². The van der Waals surface area contributed by atoms with Gasteiger partial charge in [0.15, 0.2) is 0 Å². The molecule has 1 aromatic heterocycles. The Morgan fingerprint density at radius 3 is 2.71 bits per heavy atom. The van der Waals surface area contributed by atoms with Gasteiger partial charge in [-0.15, -0.1) is 10.2 Å². The quantitative estimate of drug-likeness (QED) is 0.830. The summed E-state index contributed by atoms with van der Waals surface area (Å²) in [6.45, 7) is 5.05. The fourth-order valence-corrected chi connectivity index (χ4v) is 3.14. The van der Waals surface area contributed by atoms with Crippen molar-refractivity contribution >= 4 is 11.6 Å². The molecule has 2 aromatic rings. The Hall–Kier alpha value is -2.57. The van der Waals surface area contributed by atoms with Crippen LogP contribution in [0.3, 0.4) is 0 Å². The lowest BCUT2D eigenvalue weighted by Gasteiger charge is -2.41. The molecular formula is C17H23N5O2. The maximum Gasteiger partial charge on any atom is 0.224 e. The lowest BCUT2D eigenvalue weighted by molar-refractivity contribution is -0.133. The predicted octanol–water partition coefficient (Wildman–Crippen LogP) is 1.41. The zero-order valence-electron chi connectivity index (χ0n) is 14.1. The van der Waals surface area contributed by atoms with Crippen LogP contribution < -0.4 is 9.64 Å². The lowest BCUT2D eigenvalue weighted by Crippen LogP contribution is -2.54. The Bertz CT molecular complexity index is 673. The molecule has 24 heavy (non-hydrogen) atoms. The minimum Gasteiger partial charge on any atom is -0.495 e. The smallest absolute Gasteiger partial charge is 0.224 e. The van der Waals surface area contributed by atoms with Crippen LogP contribution in [0.5, 0.6) is 5.75 Å². The summed E-state index contributed by atoms with van der Waals surface area (Å²) in [6.07, 6.45) is 3.74. The number of methoxy groups -OCH3 is 1. The molecule has 1 aliphatic heterocycles. The molecule has 7 heteroatoms. The van der Waals surface area contributed by atoms with Crippen molar-refractivity contribution in [3.63, 3.8) is 0 Å². The standard InChI is InChI=1S/C17H23N5O2/c1-14-11-21(15-5-3-4-6-16(15)24-2)9-10-22(14)17(23)7-8-20-12-18-19-13-20/h3-6,12-14H,7-11H2,1-2H3/t14-/m0/s1. The van der Waals surface area contributed by atoms with Crippen molar-refractivity contribution in [2.45, 2.75) is 25.9 Å². The van der Waals surface area contributed by atoms with Crippen LogP contribution >= 0.6 is 0 Å². The third-order valence-electron chi connectivity index (χ3n) is 4.42. The SMILES string of the molecule is COc1ccccc1N1CCN(C(=O)CCn2cnnc2)[C@@H](C)C1. The highest BCUT2D eigenvalue weighted by molar-refractivity contribution is 5.77. The van der Waals surface area contributed by atoms with Crippen molar-refractivity contribution < 1.29 is 9.53 Å². The normalized spacial score (nSPS) is 17.8. The van der Waals surface area contributed by atoms with Crippen LogP contribution in [-0.4, -0.2) is 58.4 Å². The summed E-state index contributed by atoms with van der Waals surface area (Å²) in [4.78, 5) is 16.8. The summed E-state index contributed by atoms with van der Waals surface area (Å²) < 4.78 is 7.28. The third kappa shape index (κ3) is 3.50. The van der Waals surface area contributed by atoms with Crippen molar-refractivity contribution in [3.8, 4) is 5.75 Å². The molecule has 0 radical (unpaired) electrons. The summed E-state index contributed by atoms with van der Waals surface area (Å²) in [5.74, 6) is 1.05. The highest BCUT2D eigenvalue weighted by Crippen LogP contribution is 2.29. The van der Waals surface area contributed by atoms with Crippen LogP contribution in [0.15, 0.2) is 36.9 Å². The Kier molecular flexibility index (Phi) is 4.98. The van der Waals surface area contributed by atoms with E-state index in [2.05, 4.69) is 28.1 Å². The number of ether oxygens (including phenoxy) is 1. The molecule has 7 nitrogen and oxygen atoms in total. The second-order valence-corrected chi connectivity index (χ2v) is 6.00. The number of para-hydroxylation sites is 2. The van der Waals surface area contributed by atoms with Gasteiger partial charge in [-0.2, -0.15) is 0 Å². The van der Waals surface area contributed by atoms with Crippen molar-refractivity contribution in [2.75, 3.05) is 31.6 Å². The van der Waals surface area contributed by atoms with Gasteiger partial charge in [-0.3, -0.25) is 4.79 Å². The van der Waals surface area contributed by atoms with Gasteiger partial charge in [0.05, 0.1) is 12.8 Å². The number of hydrogen-bond donors (Lipinski definition) is 0. The first-order valence-electron chi connectivity index (χ1n) is 8.19. The molecule has 3 rings (SSSR count). The summed E-state index contributed by atoms with van der Waals surface area (Å²) >= 11 is 0. The average Bonchev–Trinajstić information content (AvgIpc) is 3.13. The first-order chi connectivity index (χ1) is 11.7. The van der Waals surface area contributed by atoms with Crippen LogP contribution in [-0.2, 0) is 11.3 Å². The van der Waals surface area contributed by atoms with Crippen LogP contribution in [0.4, 0.5) is 5.69 Å². The van der Waals surface area contributed by atoms with Crippen LogP contribution in [0.1, 0.15) is 13.3 Å². The van der Waals surface area contributed by atoms with Gasteiger partial charge in [0, 0.05) is 38.6 Å². The first kappa shape index (κ1) is 16.3. The van der Waals surface area contributed by atoms with E-state index in [9.17, 15) is 4.79 Å². The summed E-state index contributed by atoms with van der Waals surface area (Å²) in [6, 6.07) is 8.18. The minimum absolute atomic E-state index is 0.164. The molecule has 0 N–H and O–H groups in total. The largest absolute Gasteiger partial charge is 0.495 e. The molecule has 0 saturated carbocycles.